The molecule has 0 saturated heterocycles. The summed E-state index contributed by atoms with van der Waals surface area (Å²) in [5.41, 5.74) is 1.48. The van der Waals surface area contributed by atoms with Crippen molar-refractivity contribution < 1.29 is 9.45 Å². The molecule has 2 aromatic rings. The average Bonchev–Trinajstić information content (AvgIpc) is 2.77. The van der Waals surface area contributed by atoms with Gasteiger partial charge in [-0.15, -0.1) is 0 Å². The molecule has 1 aromatic heterocycles. The molecule has 100 valence electrons. The van der Waals surface area contributed by atoms with Crippen LogP contribution in [-0.2, 0) is 13.1 Å². The van der Waals surface area contributed by atoms with Gasteiger partial charge in [0.1, 0.15) is 5.76 Å². The molecule has 0 aliphatic rings. The third-order valence-corrected chi connectivity index (χ3v) is 2.91. The number of halogens is 1. The Bertz CT molecular complexity index is 598. The molecule has 2 rings (SSSR count). The normalized spacial score (nSPS) is 10.6. The third kappa shape index (κ3) is 3.52. The van der Waals surface area contributed by atoms with Gasteiger partial charge in [-0.05, 0) is 18.6 Å². The Kier molecular flexibility index (Phi) is 4.13. The van der Waals surface area contributed by atoms with Gasteiger partial charge < -0.3 is 9.84 Å². The molecule has 0 atom stereocenters. The van der Waals surface area contributed by atoms with Crippen LogP contribution >= 0.6 is 11.6 Å². The summed E-state index contributed by atoms with van der Waals surface area (Å²) in [4.78, 5) is 10.2. The van der Waals surface area contributed by atoms with Gasteiger partial charge in [-0.25, -0.2) is 0 Å². The minimum atomic E-state index is -0.444. The van der Waals surface area contributed by atoms with Crippen molar-refractivity contribution in [1.82, 2.24) is 10.5 Å². The second kappa shape index (κ2) is 5.81. The topological polar surface area (TPSA) is 81.2 Å². The lowest BCUT2D eigenvalue weighted by molar-refractivity contribution is -0.384. The summed E-state index contributed by atoms with van der Waals surface area (Å²) >= 11 is 5.99. The smallest absolute Gasteiger partial charge is 0.269 e. The zero-order chi connectivity index (χ0) is 13.8. The van der Waals surface area contributed by atoms with Crippen LogP contribution in [0, 0.1) is 17.0 Å². The molecule has 1 aromatic carbocycles. The number of aromatic nitrogens is 1. The van der Waals surface area contributed by atoms with Gasteiger partial charge in [0.2, 0.25) is 0 Å². The Labute approximate surface area is 114 Å². The van der Waals surface area contributed by atoms with Crippen LogP contribution in [0.5, 0.6) is 0 Å². The van der Waals surface area contributed by atoms with Gasteiger partial charge in [0.15, 0.2) is 0 Å². The van der Waals surface area contributed by atoms with E-state index in [4.69, 9.17) is 16.1 Å². The standard InChI is InChI=1S/C12H12ClN3O3/c1-8-4-10(15-19-8)7-14-6-9-5-11(16(17)18)2-3-12(9)13/h2-5,14H,6-7H2,1H3. The zero-order valence-electron chi connectivity index (χ0n) is 10.2. The van der Waals surface area contributed by atoms with Crippen molar-refractivity contribution in [3.8, 4) is 0 Å². The Balaban J connectivity index is 1.99. The molecule has 6 nitrogen and oxygen atoms in total. The Morgan fingerprint density at radius 1 is 1.42 bits per heavy atom. The molecule has 0 radical (unpaired) electrons. The molecule has 0 fully saturated rings. The Morgan fingerprint density at radius 2 is 2.21 bits per heavy atom. The fraction of sp³-hybridized carbons (Fsp3) is 0.250. The first-order valence-electron chi connectivity index (χ1n) is 5.62. The van der Waals surface area contributed by atoms with Crippen molar-refractivity contribution in [3.05, 3.63) is 56.4 Å². The number of nitrogens with zero attached hydrogens (tertiary/aromatic N) is 2. The quantitative estimate of drug-likeness (QED) is 0.673. The minimum absolute atomic E-state index is 0.0264. The fourth-order valence-corrected chi connectivity index (χ4v) is 1.82. The molecule has 0 aliphatic carbocycles. The number of nitro groups is 1. The molecule has 19 heavy (non-hydrogen) atoms. The monoisotopic (exact) mass is 281 g/mol. The summed E-state index contributed by atoms with van der Waals surface area (Å²) in [5.74, 6) is 0.741. The van der Waals surface area contributed by atoms with E-state index >= 15 is 0 Å². The van der Waals surface area contributed by atoms with Crippen molar-refractivity contribution in [2.45, 2.75) is 20.0 Å². The SMILES string of the molecule is Cc1cc(CNCc2cc([N+](=O)[O-])ccc2Cl)no1. The summed E-state index contributed by atoms with van der Waals surface area (Å²) in [6, 6.07) is 6.19. The summed E-state index contributed by atoms with van der Waals surface area (Å²) in [6.45, 7) is 2.75. The Morgan fingerprint density at radius 3 is 2.84 bits per heavy atom. The van der Waals surface area contributed by atoms with Gasteiger partial charge in [-0.3, -0.25) is 10.1 Å². The van der Waals surface area contributed by atoms with Crippen LogP contribution in [0.25, 0.3) is 0 Å². The van der Waals surface area contributed by atoms with Crippen molar-refractivity contribution in [3.63, 3.8) is 0 Å². The van der Waals surface area contributed by atoms with E-state index in [1.54, 1.807) is 0 Å². The van der Waals surface area contributed by atoms with Gasteiger partial charge in [0, 0.05) is 36.3 Å². The summed E-state index contributed by atoms with van der Waals surface area (Å²) in [7, 11) is 0. The van der Waals surface area contributed by atoms with Crippen LogP contribution in [0.2, 0.25) is 5.02 Å². The minimum Gasteiger partial charge on any atom is -0.361 e. The van der Waals surface area contributed by atoms with Crippen molar-refractivity contribution in [1.29, 1.82) is 0 Å². The van der Waals surface area contributed by atoms with E-state index in [9.17, 15) is 10.1 Å². The molecule has 0 bridgehead atoms. The third-order valence-electron chi connectivity index (χ3n) is 2.54. The molecular formula is C12H12ClN3O3. The Hall–Kier alpha value is -1.92. The molecule has 0 amide bonds. The van der Waals surface area contributed by atoms with E-state index in [1.807, 2.05) is 13.0 Å². The molecule has 1 N–H and O–H groups in total. The molecule has 0 unspecified atom stereocenters. The van der Waals surface area contributed by atoms with E-state index in [1.165, 1.54) is 18.2 Å². The fourth-order valence-electron chi connectivity index (χ4n) is 1.64. The van der Waals surface area contributed by atoms with E-state index in [2.05, 4.69) is 10.5 Å². The number of non-ortho nitro benzene ring substituents is 1. The van der Waals surface area contributed by atoms with E-state index < -0.39 is 4.92 Å². The first-order valence-corrected chi connectivity index (χ1v) is 6.00. The van der Waals surface area contributed by atoms with Crippen molar-refractivity contribution in [2.75, 3.05) is 0 Å². The highest BCUT2D eigenvalue weighted by molar-refractivity contribution is 6.31. The van der Waals surface area contributed by atoms with Gasteiger partial charge in [-0.2, -0.15) is 0 Å². The number of aryl methyl sites for hydroxylation is 1. The lowest BCUT2D eigenvalue weighted by Crippen LogP contribution is -2.13. The number of rotatable bonds is 5. The van der Waals surface area contributed by atoms with Crippen LogP contribution < -0.4 is 5.32 Å². The van der Waals surface area contributed by atoms with Gasteiger partial charge >= 0.3 is 0 Å². The average molecular weight is 282 g/mol. The van der Waals surface area contributed by atoms with E-state index in [0.717, 1.165) is 11.5 Å². The predicted octanol–water partition coefficient (Wildman–Crippen LogP) is 2.83. The summed E-state index contributed by atoms with van der Waals surface area (Å²) in [6.07, 6.45) is 0. The lowest BCUT2D eigenvalue weighted by atomic mass is 10.2. The number of hydrogen-bond acceptors (Lipinski definition) is 5. The molecule has 0 spiro atoms. The zero-order valence-corrected chi connectivity index (χ0v) is 11.0. The highest BCUT2D eigenvalue weighted by Gasteiger charge is 2.09. The second-order valence-corrected chi connectivity index (χ2v) is 4.47. The number of nitrogens with one attached hydrogen (secondary N) is 1. The van der Waals surface area contributed by atoms with E-state index in [0.29, 0.717) is 23.7 Å². The van der Waals surface area contributed by atoms with Crippen LogP contribution in [0.3, 0.4) is 0 Å². The maximum Gasteiger partial charge on any atom is 0.269 e. The summed E-state index contributed by atoms with van der Waals surface area (Å²) in [5, 5.41) is 18.1. The molecule has 0 aliphatic heterocycles. The first kappa shape index (κ1) is 13.5. The predicted molar refractivity (Wildman–Crippen MR) is 69.9 cm³/mol. The van der Waals surface area contributed by atoms with Gasteiger partial charge in [-0.1, -0.05) is 16.8 Å². The van der Waals surface area contributed by atoms with Gasteiger partial charge in [0.05, 0.1) is 10.6 Å². The number of hydrogen-bond donors (Lipinski definition) is 1. The van der Waals surface area contributed by atoms with Crippen LogP contribution in [-0.4, -0.2) is 10.1 Å². The van der Waals surface area contributed by atoms with Crippen LogP contribution in [0.15, 0.2) is 28.8 Å². The van der Waals surface area contributed by atoms with Crippen molar-refractivity contribution >= 4 is 17.3 Å². The molecule has 7 heteroatoms. The largest absolute Gasteiger partial charge is 0.361 e. The van der Waals surface area contributed by atoms with Crippen LogP contribution in [0.1, 0.15) is 17.0 Å². The first-order chi connectivity index (χ1) is 9.06. The highest BCUT2D eigenvalue weighted by Crippen LogP contribution is 2.21. The highest BCUT2D eigenvalue weighted by atomic mass is 35.5. The molecular weight excluding hydrogens is 270 g/mol. The van der Waals surface area contributed by atoms with Gasteiger partial charge in [0.25, 0.3) is 5.69 Å². The number of benzene rings is 1. The molecule has 0 saturated carbocycles. The summed E-state index contributed by atoms with van der Waals surface area (Å²) < 4.78 is 4.94. The maximum atomic E-state index is 10.7. The lowest BCUT2D eigenvalue weighted by Gasteiger charge is -2.05. The van der Waals surface area contributed by atoms with E-state index in [-0.39, 0.29) is 5.69 Å². The molecule has 1 heterocycles. The van der Waals surface area contributed by atoms with Crippen LogP contribution in [0.4, 0.5) is 5.69 Å². The second-order valence-electron chi connectivity index (χ2n) is 4.07. The number of nitro benzene ring substituents is 1. The maximum absolute atomic E-state index is 10.7. The van der Waals surface area contributed by atoms with Crippen molar-refractivity contribution in [2.24, 2.45) is 0 Å².